The van der Waals surface area contributed by atoms with Gasteiger partial charge in [0, 0.05) is 24.7 Å². The van der Waals surface area contributed by atoms with Gasteiger partial charge in [-0.05, 0) is 37.5 Å². The van der Waals surface area contributed by atoms with Crippen molar-refractivity contribution < 1.29 is 18.4 Å². The van der Waals surface area contributed by atoms with Gasteiger partial charge in [-0.25, -0.2) is 4.39 Å². The van der Waals surface area contributed by atoms with Crippen molar-refractivity contribution in [3.8, 4) is 0 Å². The van der Waals surface area contributed by atoms with Gasteiger partial charge in [0.2, 0.25) is 5.91 Å². The minimum Gasteiger partial charge on any atom is -0.463 e. The Morgan fingerprint density at radius 1 is 1.19 bits per heavy atom. The highest BCUT2D eigenvalue weighted by Gasteiger charge is 2.48. The lowest BCUT2D eigenvalue weighted by atomic mass is 9.91. The van der Waals surface area contributed by atoms with E-state index in [0.717, 1.165) is 36.8 Å². The highest BCUT2D eigenvalue weighted by molar-refractivity contribution is 6.02. The highest BCUT2D eigenvalue weighted by atomic mass is 19.1. The first kappa shape index (κ1) is 19.8. The lowest BCUT2D eigenvalue weighted by molar-refractivity contribution is -0.134. The second kappa shape index (κ2) is 7.55. The first-order valence-corrected chi connectivity index (χ1v) is 10.9. The van der Waals surface area contributed by atoms with Gasteiger partial charge in [0.15, 0.2) is 5.58 Å². The van der Waals surface area contributed by atoms with Gasteiger partial charge < -0.3 is 19.2 Å². The van der Waals surface area contributed by atoms with E-state index < -0.39 is 5.54 Å². The molecule has 3 aromatic rings. The summed E-state index contributed by atoms with van der Waals surface area (Å²) in [6.07, 6.45) is 6.94. The van der Waals surface area contributed by atoms with Gasteiger partial charge in [-0.3, -0.25) is 9.59 Å². The number of carbonyl (C=O) groups excluding carboxylic acids is 2. The zero-order valence-electron chi connectivity index (χ0n) is 17.6. The maximum Gasteiger partial charge on any atom is 0.271 e. The molecule has 2 aromatic heterocycles. The molecule has 1 atom stereocenters. The second-order valence-corrected chi connectivity index (χ2v) is 8.89. The number of rotatable bonds is 4. The molecule has 31 heavy (non-hydrogen) atoms. The fraction of sp³-hybridized carbons (Fsp3) is 0.417. The van der Waals surface area contributed by atoms with Crippen LogP contribution in [0.2, 0.25) is 0 Å². The molecule has 1 fully saturated rings. The Bertz CT molecular complexity index is 1130. The average molecular weight is 423 g/mol. The third-order valence-corrected chi connectivity index (χ3v) is 6.73. The van der Waals surface area contributed by atoms with Gasteiger partial charge in [-0.15, -0.1) is 0 Å². The van der Waals surface area contributed by atoms with Crippen LogP contribution in [-0.2, 0) is 17.9 Å². The molecule has 0 spiro atoms. The zero-order valence-corrected chi connectivity index (χ0v) is 17.6. The smallest absolute Gasteiger partial charge is 0.271 e. The van der Waals surface area contributed by atoms with Crippen LogP contribution in [0.5, 0.6) is 0 Å². The fourth-order valence-electron chi connectivity index (χ4n) is 4.88. The van der Waals surface area contributed by atoms with E-state index in [9.17, 15) is 14.0 Å². The number of fused-ring (bicyclic) bond motifs is 3. The molecule has 1 saturated carbocycles. The number of carbonyl (C=O) groups is 2. The summed E-state index contributed by atoms with van der Waals surface area (Å²) in [5.74, 6) is -0.713. The predicted octanol–water partition coefficient (Wildman–Crippen LogP) is 4.24. The summed E-state index contributed by atoms with van der Waals surface area (Å²) >= 11 is 0. The monoisotopic (exact) mass is 423 g/mol. The zero-order chi connectivity index (χ0) is 21.6. The summed E-state index contributed by atoms with van der Waals surface area (Å²) in [5, 5.41) is 3.21. The molecule has 0 saturated heterocycles. The molecule has 1 aliphatic carbocycles. The number of nitrogens with zero attached hydrogens (tertiary/aromatic N) is 2. The molecular formula is C24H26FN3O3. The van der Waals surface area contributed by atoms with Gasteiger partial charge >= 0.3 is 0 Å². The normalized spacial score (nSPS) is 22.0. The maximum absolute atomic E-state index is 13.6. The van der Waals surface area contributed by atoms with Gasteiger partial charge in [0.1, 0.15) is 17.1 Å². The Morgan fingerprint density at radius 3 is 2.68 bits per heavy atom. The third kappa shape index (κ3) is 3.42. The topological polar surface area (TPSA) is 67.5 Å². The summed E-state index contributed by atoms with van der Waals surface area (Å²) in [6, 6.07) is 9.75. The van der Waals surface area contributed by atoms with Crippen LogP contribution in [0.1, 0.15) is 55.1 Å². The molecule has 1 unspecified atom stereocenters. The van der Waals surface area contributed by atoms with Crippen LogP contribution in [0.15, 0.2) is 47.1 Å². The number of aromatic nitrogens is 1. The molecule has 1 aromatic carbocycles. The van der Waals surface area contributed by atoms with Crippen molar-refractivity contribution in [2.24, 2.45) is 0 Å². The third-order valence-electron chi connectivity index (χ3n) is 6.73. The molecule has 0 bridgehead atoms. The van der Waals surface area contributed by atoms with Crippen LogP contribution >= 0.6 is 0 Å². The number of hydrogen-bond donors (Lipinski definition) is 1. The van der Waals surface area contributed by atoms with Crippen LogP contribution < -0.4 is 5.32 Å². The lowest BCUT2D eigenvalue weighted by Crippen LogP contribution is -2.64. The minimum absolute atomic E-state index is 0.140. The minimum atomic E-state index is -1.08. The van der Waals surface area contributed by atoms with Crippen LogP contribution in [0.25, 0.3) is 11.1 Å². The van der Waals surface area contributed by atoms with Gasteiger partial charge in [0.05, 0.1) is 18.3 Å². The van der Waals surface area contributed by atoms with Crippen LogP contribution in [-0.4, -0.2) is 32.9 Å². The van der Waals surface area contributed by atoms with Crippen molar-refractivity contribution in [1.82, 2.24) is 14.8 Å². The molecule has 6 nitrogen and oxygen atoms in total. The molecule has 5 rings (SSSR count). The van der Waals surface area contributed by atoms with Crippen molar-refractivity contribution in [3.05, 3.63) is 59.7 Å². The predicted molar refractivity (Wildman–Crippen MR) is 114 cm³/mol. The number of halogens is 1. The van der Waals surface area contributed by atoms with E-state index in [1.807, 2.05) is 17.6 Å². The maximum atomic E-state index is 13.6. The number of hydrogen-bond acceptors (Lipinski definition) is 3. The average Bonchev–Trinajstić information content (AvgIpc) is 3.36. The standard InChI is InChI=1S/C24H26FN3O3/c1-24(23(30)26-18-5-3-2-4-6-18)15-27-19-11-12-31-21(19)13-20(27)22(29)28(24)14-16-7-9-17(25)10-8-16/h7-13,18H,2-6,14-15H2,1H3,(H,26,30). The molecule has 2 amide bonds. The molecule has 2 aliphatic rings. The van der Waals surface area contributed by atoms with Crippen molar-refractivity contribution in [3.63, 3.8) is 0 Å². The quantitative estimate of drug-likeness (QED) is 0.683. The Morgan fingerprint density at radius 2 is 1.94 bits per heavy atom. The Kier molecular flexibility index (Phi) is 4.84. The summed E-state index contributed by atoms with van der Waals surface area (Å²) in [5.41, 5.74) is 1.62. The number of furan rings is 1. The first-order valence-electron chi connectivity index (χ1n) is 10.9. The summed E-state index contributed by atoms with van der Waals surface area (Å²) in [6.45, 7) is 2.37. The van der Waals surface area contributed by atoms with Crippen molar-refractivity contribution in [1.29, 1.82) is 0 Å². The second-order valence-electron chi connectivity index (χ2n) is 8.89. The van der Waals surface area contributed by atoms with Crippen LogP contribution in [0.4, 0.5) is 4.39 Å². The van der Waals surface area contributed by atoms with Crippen molar-refractivity contribution in [2.75, 3.05) is 0 Å². The van der Waals surface area contributed by atoms with Crippen molar-refractivity contribution in [2.45, 2.75) is 63.7 Å². The largest absolute Gasteiger partial charge is 0.463 e. The van der Waals surface area contributed by atoms with E-state index in [1.54, 1.807) is 29.4 Å². The number of benzene rings is 1. The lowest BCUT2D eigenvalue weighted by Gasteiger charge is -2.44. The van der Waals surface area contributed by atoms with E-state index in [2.05, 4.69) is 5.32 Å². The molecule has 1 N–H and O–H groups in total. The Hall–Kier alpha value is -3.09. The van der Waals surface area contributed by atoms with Crippen LogP contribution in [0, 0.1) is 5.82 Å². The first-order chi connectivity index (χ1) is 15.0. The van der Waals surface area contributed by atoms with E-state index in [0.29, 0.717) is 17.8 Å². The molecule has 0 radical (unpaired) electrons. The van der Waals surface area contributed by atoms with E-state index in [-0.39, 0.29) is 30.2 Å². The molecule has 162 valence electrons. The summed E-state index contributed by atoms with van der Waals surface area (Å²) < 4.78 is 20.8. The molecular weight excluding hydrogens is 397 g/mol. The van der Waals surface area contributed by atoms with E-state index in [1.165, 1.54) is 18.6 Å². The van der Waals surface area contributed by atoms with Crippen molar-refractivity contribution >= 4 is 22.9 Å². The van der Waals surface area contributed by atoms with Gasteiger partial charge in [-0.1, -0.05) is 31.4 Å². The molecule has 7 heteroatoms. The highest BCUT2D eigenvalue weighted by Crippen LogP contribution is 2.34. The van der Waals surface area contributed by atoms with Gasteiger partial charge in [-0.2, -0.15) is 0 Å². The molecule has 3 heterocycles. The summed E-state index contributed by atoms with van der Waals surface area (Å²) in [7, 11) is 0. The molecule has 1 aliphatic heterocycles. The van der Waals surface area contributed by atoms with Crippen LogP contribution in [0.3, 0.4) is 0 Å². The SMILES string of the molecule is CC1(C(=O)NC2CCCCC2)Cn2c(cc3occc32)C(=O)N1Cc1ccc(F)cc1. The fourth-order valence-corrected chi connectivity index (χ4v) is 4.88. The van der Waals surface area contributed by atoms with E-state index >= 15 is 0 Å². The van der Waals surface area contributed by atoms with Gasteiger partial charge in [0.25, 0.3) is 5.91 Å². The Balaban J connectivity index is 1.52. The number of amides is 2. The van der Waals surface area contributed by atoms with E-state index in [4.69, 9.17) is 4.42 Å². The summed E-state index contributed by atoms with van der Waals surface area (Å²) in [4.78, 5) is 28.8. The number of nitrogens with one attached hydrogen (secondary N) is 1. The Labute approximate surface area is 180 Å².